The molecule has 2 aromatic carbocycles. The second-order valence-corrected chi connectivity index (χ2v) is 17.1. The van der Waals surface area contributed by atoms with Gasteiger partial charge in [-0.05, 0) is 21.8 Å². The molecule has 1 saturated heterocycles. The lowest BCUT2D eigenvalue weighted by Crippen LogP contribution is -2.69. The first-order chi connectivity index (χ1) is 19.8. The summed E-state index contributed by atoms with van der Waals surface area (Å²) in [6.07, 6.45) is 14.4. The van der Waals surface area contributed by atoms with Gasteiger partial charge in [0.15, 0.2) is 0 Å². The second kappa shape index (κ2) is 17.1. The maximum absolute atomic E-state index is 11.9. The molecule has 1 heterocycles. The van der Waals surface area contributed by atoms with Crippen LogP contribution in [0.1, 0.15) is 111 Å². The normalized spacial score (nSPS) is 17.2. The van der Waals surface area contributed by atoms with Crippen LogP contribution in [0.3, 0.4) is 0 Å². The summed E-state index contributed by atoms with van der Waals surface area (Å²) in [7, 11) is -2.86. The predicted octanol–water partition coefficient (Wildman–Crippen LogP) is 7.49. The van der Waals surface area contributed by atoms with E-state index < -0.39 is 32.7 Å². The molecule has 1 aliphatic rings. The number of nitrogens with one attached hydrogen (secondary N) is 1. The van der Waals surface area contributed by atoms with Gasteiger partial charge in [-0.25, -0.2) is 4.79 Å². The lowest BCUT2D eigenvalue weighted by atomic mass is 10.00. The van der Waals surface area contributed by atoms with Crippen molar-refractivity contribution in [3.05, 3.63) is 60.7 Å². The van der Waals surface area contributed by atoms with Crippen LogP contribution in [0.2, 0.25) is 5.04 Å². The molecule has 3 atom stereocenters. The fraction of sp³-hybridized carbons (Fsp3) is 0.629. The predicted molar refractivity (Wildman–Crippen MR) is 172 cm³/mol. The molecular formula is C35H55NO4Si. The van der Waals surface area contributed by atoms with E-state index in [1.165, 1.54) is 74.6 Å². The Morgan fingerprint density at radius 2 is 1.29 bits per heavy atom. The summed E-state index contributed by atoms with van der Waals surface area (Å²) in [5.74, 6) is 0. The zero-order valence-corrected chi connectivity index (χ0v) is 27.1. The number of aliphatic hydroxyl groups excluding tert-OH is 1. The minimum absolute atomic E-state index is 0.166. The molecular weight excluding hydrogens is 526 g/mol. The number of carbonyl (C=O) groups is 1. The zero-order chi connectivity index (χ0) is 29.6. The Kier molecular flexibility index (Phi) is 13.9. The van der Waals surface area contributed by atoms with Gasteiger partial charge in [-0.1, -0.05) is 165 Å². The maximum Gasteiger partial charge on any atom is 0.407 e. The first-order valence-corrected chi connectivity index (χ1v) is 18.1. The number of alkyl carbamates (subject to hydrolysis) is 1. The van der Waals surface area contributed by atoms with Crippen molar-refractivity contribution in [3.8, 4) is 0 Å². The molecule has 0 aliphatic carbocycles. The Hall–Kier alpha value is -2.15. The van der Waals surface area contributed by atoms with Crippen LogP contribution < -0.4 is 15.7 Å². The summed E-state index contributed by atoms with van der Waals surface area (Å²) in [5.41, 5.74) is 0. The number of ether oxygens (including phenoxy) is 1. The van der Waals surface area contributed by atoms with Crippen LogP contribution in [-0.2, 0) is 9.16 Å². The van der Waals surface area contributed by atoms with Gasteiger partial charge in [-0.2, -0.15) is 0 Å². The Bertz CT molecular complexity index is 955. The fourth-order valence-electron chi connectivity index (χ4n) is 6.25. The molecule has 0 spiro atoms. The molecule has 0 saturated carbocycles. The largest absolute Gasteiger partial charge is 0.447 e. The number of benzene rings is 2. The summed E-state index contributed by atoms with van der Waals surface area (Å²) in [5, 5.41) is 16.6. The van der Waals surface area contributed by atoms with E-state index in [2.05, 4.69) is 81.5 Å². The third-order valence-corrected chi connectivity index (χ3v) is 13.6. The van der Waals surface area contributed by atoms with Crippen molar-refractivity contribution in [2.45, 2.75) is 134 Å². The van der Waals surface area contributed by atoms with E-state index in [-0.39, 0.29) is 11.6 Å². The Morgan fingerprint density at radius 3 is 1.71 bits per heavy atom. The van der Waals surface area contributed by atoms with E-state index >= 15 is 0 Å². The van der Waals surface area contributed by atoms with Crippen molar-refractivity contribution in [2.75, 3.05) is 6.61 Å². The number of hydrogen-bond acceptors (Lipinski definition) is 4. The molecule has 2 aromatic rings. The molecule has 1 amide bonds. The van der Waals surface area contributed by atoms with Crippen LogP contribution >= 0.6 is 0 Å². The molecule has 1 fully saturated rings. The molecule has 41 heavy (non-hydrogen) atoms. The minimum Gasteiger partial charge on any atom is -0.447 e. The van der Waals surface area contributed by atoms with E-state index in [1.807, 2.05) is 12.1 Å². The fourth-order valence-corrected chi connectivity index (χ4v) is 11.0. The van der Waals surface area contributed by atoms with Gasteiger partial charge in [-0.15, -0.1) is 0 Å². The van der Waals surface area contributed by atoms with Gasteiger partial charge in [0.25, 0.3) is 8.32 Å². The van der Waals surface area contributed by atoms with Gasteiger partial charge < -0.3 is 19.6 Å². The summed E-state index contributed by atoms with van der Waals surface area (Å²) in [4.78, 5) is 11.9. The van der Waals surface area contributed by atoms with Crippen molar-refractivity contribution in [1.82, 2.24) is 5.32 Å². The lowest BCUT2D eigenvalue weighted by Gasteiger charge is -2.46. The third-order valence-electron chi connectivity index (χ3n) is 8.58. The monoisotopic (exact) mass is 581 g/mol. The Balaban J connectivity index is 1.70. The standard InChI is InChI=1S/C35H55NO4Si/c1-5-6-7-8-9-10-11-12-13-14-15-22-27-32(33(37)31-28-39-34(38)36-31)40-41(35(2,3)4,29-23-18-16-19-24-29)30-25-20-17-21-26-30/h16-21,23-26,31-33,37H,5-15,22,27-28H2,1-4H3,(H,36,38)/t31-,32+,33-/m0/s1. The van der Waals surface area contributed by atoms with Crippen LogP contribution in [-0.4, -0.2) is 44.4 Å². The number of aliphatic hydroxyl groups is 1. The van der Waals surface area contributed by atoms with Gasteiger partial charge >= 0.3 is 6.09 Å². The number of cyclic esters (lactones) is 1. The summed E-state index contributed by atoms with van der Waals surface area (Å²) in [6, 6.07) is 20.7. The number of unbranched alkanes of at least 4 members (excludes halogenated alkanes) is 11. The van der Waals surface area contributed by atoms with Gasteiger partial charge in [0, 0.05) is 0 Å². The summed E-state index contributed by atoms with van der Waals surface area (Å²) < 4.78 is 12.5. The smallest absolute Gasteiger partial charge is 0.407 e. The van der Waals surface area contributed by atoms with Crippen LogP contribution in [0.25, 0.3) is 0 Å². The quantitative estimate of drug-likeness (QED) is 0.133. The first kappa shape index (κ1) is 33.4. The average Bonchev–Trinajstić information content (AvgIpc) is 3.41. The van der Waals surface area contributed by atoms with Crippen molar-refractivity contribution in [2.24, 2.45) is 0 Å². The van der Waals surface area contributed by atoms with Crippen LogP contribution in [0, 0.1) is 0 Å². The van der Waals surface area contributed by atoms with E-state index in [0.29, 0.717) is 0 Å². The van der Waals surface area contributed by atoms with E-state index in [9.17, 15) is 9.90 Å². The Labute approximate surface area is 250 Å². The van der Waals surface area contributed by atoms with Crippen molar-refractivity contribution in [1.29, 1.82) is 0 Å². The Morgan fingerprint density at radius 1 is 0.829 bits per heavy atom. The highest BCUT2D eigenvalue weighted by atomic mass is 28.4. The van der Waals surface area contributed by atoms with Crippen LogP contribution in [0.15, 0.2) is 60.7 Å². The molecule has 0 radical (unpaired) electrons. The van der Waals surface area contributed by atoms with Gasteiger partial charge in [0.05, 0.1) is 12.1 Å². The van der Waals surface area contributed by atoms with Crippen molar-refractivity contribution >= 4 is 24.8 Å². The topological polar surface area (TPSA) is 67.8 Å². The van der Waals surface area contributed by atoms with Gasteiger partial charge in [0.1, 0.15) is 12.7 Å². The van der Waals surface area contributed by atoms with E-state index in [0.717, 1.165) is 19.3 Å². The number of hydrogen-bond donors (Lipinski definition) is 2. The molecule has 3 rings (SSSR count). The molecule has 0 aromatic heterocycles. The summed E-state index contributed by atoms with van der Waals surface area (Å²) in [6.45, 7) is 9.21. The van der Waals surface area contributed by atoms with Gasteiger partial charge in [-0.3, -0.25) is 0 Å². The maximum atomic E-state index is 11.9. The van der Waals surface area contributed by atoms with Crippen molar-refractivity contribution in [3.63, 3.8) is 0 Å². The number of rotatable bonds is 19. The first-order valence-electron chi connectivity index (χ1n) is 16.2. The second-order valence-electron chi connectivity index (χ2n) is 12.8. The molecule has 5 nitrogen and oxygen atoms in total. The molecule has 0 bridgehead atoms. The SMILES string of the molecule is CCCCCCCCCCCCCC[C@@H](O[Si](c1ccccc1)(c1ccccc1)C(C)(C)C)[C@@H](O)[C@@H]1COC(=O)N1. The zero-order valence-electron chi connectivity index (χ0n) is 26.1. The van der Waals surface area contributed by atoms with E-state index in [4.69, 9.17) is 9.16 Å². The number of carbonyl (C=O) groups excluding carboxylic acids is 1. The number of amides is 1. The molecule has 6 heteroatoms. The van der Waals surface area contributed by atoms with Crippen LogP contribution in [0.4, 0.5) is 4.79 Å². The molecule has 1 aliphatic heterocycles. The lowest BCUT2D eigenvalue weighted by molar-refractivity contribution is 0.00210. The molecule has 2 N–H and O–H groups in total. The average molecular weight is 582 g/mol. The third kappa shape index (κ3) is 9.69. The molecule has 0 unspecified atom stereocenters. The highest BCUT2D eigenvalue weighted by molar-refractivity contribution is 6.99. The highest BCUT2D eigenvalue weighted by Crippen LogP contribution is 2.38. The van der Waals surface area contributed by atoms with Crippen LogP contribution in [0.5, 0.6) is 0 Å². The van der Waals surface area contributed by atoms with E-state index in [1.54, 1.807) is 0 Å². The minimum atomic E-state index is -2.86. The molecule has 228 valence electrons. The van der Waals surface area contributed by atoms with Crippen molar-refractivity contribution < 1.29 is 19.1 Å². The highest BCUT2D eigenvalue weighted by Gasteiger charge is 2.52. The van der Waals surface area contributed by atoms with Gasteiger partial charge in [0.2, 0.25) is 0 Å². The summed E-state index contributed by atoms with van der Waals surface area (Å²) >= 11 is 0.